The van der Waals surface area contributed by atoms with Crippen molar-refractivity contribution in [3.05, 3.63) is 36.0 Å². The first kappa shape index (κ1) is 27.2. The molecule has 7 nitrogen and oxygen atoms in total. The van der Waals surface area contributed by atoms with E-state index in [9.17, 15) is 14.9 Å². The van der Waals surface area contributed by atoms with E-state index >= 15 is 0 Å². The average Bonchev–Trinajstić information content (AvgIpc) is 3.27. The van der Waals surface area contributed by atoms with Gasteiger partial charge in [0.05, 0.1) is 12.0 Å². The van der Waals surface area contributed by atoms with E-state index < -0.39 is 6.04 Å². The van der Waals surface area contributed by atoms with Crippen LogP contribution in [-0.2, 0) is 11.3 Å². The maximum atomic E-state index is 13.6. The second-order valence-corrected chi connectivity index (χ2v) is 11.4. The minimum absolute atomic E-state index is 0.109. The fourth-order valence-corrected chi connectivity index (χ4v) is 6.10. The lowest BCUT2D eigenvalue weighted by Gasteiger charge is -2.32. The summed E-state index contributed by atoms with van der Waals surface area (Å²) in [6.45, 7) is 7.12. The van der Waals surface area contributed by atoms with Crippen molar-refractivity contribution in [3.8, 4) is 6.07 Å². The lowest BCUT2D eigenvalue weighted by molar-refractivity contribution is -0.127. The summed E-state index contributed by atoms with van der Waals surface area (Å²) < 4.78 is 2.16. The molecule has 1 aliphatic heterocycles. The highest BCUT2D eigenvalue weighted by Gasteiger charge is 2.34. The van der Waals surface area contributed by atoms with Crippen molar-refractivity contribution in [3.63, 3.8) is 0 Å². The van der Waals surface area contributed by atoms with Crippen molar-refractivity contribution in [2.45, 2.75) is 90.3 Å². The van der Waals surface area contributed by atoms with Gasteiger partial charge in [-0.1, -0.05) is 44.9 Å². The molecular formula is C30H43N5O2. The number of benzene rings is 1. The van der Waals surface area contributed by atoms with Crippen molar-refractivity contribution < 1.29 is 9.59 Å². The molecule has 3 atom stereocenters. The Morgan fingerprint density at radius 1 is 1.14 bits per heavy atom. The van der Waals surface area contributed by atoms with E-state index in [1.54, 1.807) is 0 Å². The van der Waals surface area contributed by atoms with Gasteiger partial charge in [-0.05, 0) is 82.0 Å². The van der Waals surface area contributed by atoms with Gasteiger partial charge in [-0.2, -0.15) is 5.26 Å². The molecule has 2 amide bonds. The number of para-hydroxylation sites is 1. The van der Waals surface area contributed by atoms with Crippen LogP contribution in [0, 0.1) is 29.1 Å². The summed E-state index contributed by atoms with van der Waals surface area (Å²) in [5.74, 6) is 0.554. The largest absolute Gasteiger partial charge is 0.347 e. The number of rotatable bonds is 10. The number of nitrogens with one attached hydrogen (secondary N) is 3. The molecule has 1 aliphatic carbocycles. The zero-order valence-corrected chi connectivity index (χ0v) is 22.5. The van der Waals surface area contributed by atoms with Crippen molar-refractivity contribution in [2.24, 2.45) is 17.8 Å². The minimum atomic E-state index is -0.492. The number of fused-ring (bicyclic) bond motifs is 1. The highest BCUT2D eigenvalue weighted by molar-refractivity contribution is 5.99. The molecule has 0 bridgehead atoms. The first-order valence-electron chi connectivity index (χ1n) is 14.3. The molecule has 1 saturated heterocycles. The van der Waals surface area contributed by atoms with Gasteiger partial charge in [0, 0.05) is 23.5 Å². The lowest BCUT2D eigenvalue weighted by Crippen LogP contribution is -2.50. The predicted molar refractivity (Wildman–Crippen MR) is 147 cm³/mol. The number of nitrogens with zero attached hydrogens (tertiary/aromatic N) is 2. The number of carbonyl (C=O) groups is 2. The number of amides is 2. The van der Waals surface area contributed by atoms with Gasteiger partial charge in [-0.3, -0.25) is 9.59 Å². The molecule has 2 aromatic rings. The summed E-state index contributed by atoms with van der Waals surface area (Å²) >= 11 is 0. The Morgan fingerprint density at radius 3 is 2.65 bits per heavy atom. The molecule has 2 fully saturated rings. The van der Waals surface area contributed by atoms with Gasteiger partial charge < -0.3 is 20.5 Å². The smallest absolute Gasteiger partial charge is 0.268 e. The Balaban J connectivity index is 1.46. The second kappa shape index (κ2) is 13.1. The van der Waals surface area contributed by atoms with Gasteiger partial charge in [0.25, 0.3) is 5.91 Å². The van der Waals surface area contributed by atoms with Crippen molar-refractivity contribution in [2.75, 3.05) is 13.1 Å². The van der Waals surface area contributed by atoms with Crippen LogP contribution < -0.4 is 16.0 Å². The molecule has 0 spiro atoms. The third kappa shape index (κ3) is 7.13. The van der Waals surface area contributed by atoms with E-state index in [4.69, 9.17) is 0 Å². The van der Waals surface area contributed by atoms with Gasteiger partial charge in [0.2, 0.25) is 5.91 Å². The molecule has 37 heavy (non-hydrogen) atoms. The van der Waals surface area contributed by atoms with Gasteiger partial charge in [-0.25, -0.2) is 0 Å². The van der Waals surface area contributed by atoms with Crippen LogP contribution in [0.5, 0.6) is 0 Å². The highest BCUT2D eigenvalue weighted by Crippen LogP contribution is 2.27. The topological polar surface area (TPSA) is 99.0 Å². The summed E-state index contributed by atoms with van der Waals surface area (Å²) in [6, 6.07) is 11.7. The van der Waals surface area contributed by atoms with E-state index in [-0.39, 0.29) is 23.8 Å². The summed E-state index contributed by atoms with van der Waals surface area (Å²) in [7, 11) is 0. The molecule has 1 aromatic heterocycles. The van der Waals surface area contributed by atoms with Gasteiger partial charge in [0.1, 0.15) is 11.7 Å². The van der Waals surface area contributed by atoms with Crippen LogP contribution in [0.1, 0.15) is 82.1 Å². The number of aryl methyl sites for hydroxylation is 1. The van der Waals surface area contributed by atoms with Gasteiger partial charge in [0.15, 0.2) is 0 Å². The maximum absolute atomic E-state index is 13.6. The molecule has 200 valence electrons. The van der Waals surface area contributed by atoms with Crippen molar-refractivity contribution in [1.29, 1.82) is 5.26 Å². The normalized spacial score (nSPS) is 21.5. The molecular weight excluding hydrogens is 462 g/mol. The van der Waals surface area contributed by atoms with E-state index in [0.717, 1.165) is 68.6 Å². The maximum Gasteiger partial charge on any atom is 0.268 e. The van der Waals surface area contributed by atoms with Gasteiger partial charge >= 0.3 is 0 Å². The third-order valence-electron chi connectivity index (χ3n) is 8.09. The molecule has 1 saturated carbocycles. The standard InChI is InChI=1S/C30H43N5O2/c1-21(2)18-24(20-31)33-29(36)25-10-4-5-11-26(25)34-30(37)28-19-23-9-3-6-12-27(23)35(28)17-7-8-22-13-15-32-16-14-22/h3,6,9,12,19,21-22,24-26,32H,4-5,7-8,10-11,13-18H2,1-2H3,(H,33,36)(H,34,37)/t24?,25-,26+/m1/s1. The number of hydrogen-bond acceptors (Lipinski definition) is 4. The van der Waals surface area contributed by atoms with E-state index in [1.807, 2.05) is 32.0 Å². The molecule has 0 radical (unpaired) electrons. The number of piperidine rings is 1. The molecule has 1 aromatic carbocycles. The highest BCUT2D eigenvalue weighted by atomic mass is 16.2. The summed E-state index contributed by atoms with van der Waals surface area (Å²) in [5.41, 5.74) is 1.76. The molecule has 4 rings (SSSR count). The Bertz CT molecular complexity index is 1100. The van der Waals surface area contributed by atoms with E-state index in [1.165, 1.54) is 19.3 Å². The van der Waals surface area contributed by atoms with Crippen LogP contribution in [0.2, 0.25) is 0 Å². The first-order chi connectivity index (χ1) is 18.0. The van der Waals surface area contributed by atoms with Crippen LogP contribution in [-0.4, -0.2) is 41.6 Å². The predicted octanol–water partition coefficient (Wildman–Crippen LogP) is 4.76. The monoisotopic (exact) mass is 505 g/mol. The number of hydrogen-bond donors (Lipinski definition) is 3. The summed E-state index contributed by atoms with van der Waals surface area (Å²) in [6.07, 6.45) is 8.77. The van der Waals surface area contributed by atoms with Crippen LogP contribution in [0.25, 0.3) is 10.9 Å². The van der Waals surface area contributed by atoms with Crippen molar-refractivity contribution >= 4 is 22.7 Å². The minimum Gasteiger partial charge on any atom is -0.347 e. The summed E-state index contributed by atoms with van der Waals surface area (Å²) in [4.78, 5) is 26.8. The second-order valence-electron chi connectivity index (χ2n) is 11.4. The average molecular weight is 506 g/mol. The lowest BCUT2D eigenvalue weighted by atomic mass is 9.83. The first-order valence-corrected chi connectivity index (χ1v) is 14.3. The Hall–Kier alpha value is -2.85. The Kier molecular flexibility index (Phi) is 9.62. The number of aromatic nitrogens is 1. The quantitative estimate of drug-likeness (QED) is 0.433. The molecule has 2 aliphatic rings. The fourth-order valence-electron chi connectivity index (χ4n) is 6.10. The zero-order valence-electron chi connectivity index (χ0n) is 22.5. The van der Waals surface area contributed by atoms with Gasteiger partial charge in [-0.15, -0.1) is 0 Å². The Labute approximate surface area is 221 Å². The van der Waals surface area contributed by atoms with E-state index in [0.29, 0.717) is 18.0 Å². The molecule has 2 heterocycles. The van der Waals surface area contributed by atoms with Crippen LogP contribution in [0.4, 0.5) is 0 Å². The molecule has 7 heteroatoms. The van der Waals surface area contributed by atoms with Crippen molar-refractivity contribution in [1.82, 2.24) is 20.5 Å². The number of carbonyl (C=O) groups excluding carboxylic acids is 2. The Morgan fingerprint density at radius 2 is 1.89 bits per heavy atom. The number of nitriles is 1. The molecule has 3 N–H and O–H groups in total. The van der Waals surface area contributed by atoms with Crippen LogP contribution in [0.3, 0.4) is 0 Å². The van der Waals surface area contributed by atoms with E-state index in [2.05, 4.69) is 38.7 Å². The fraction of sp³-hybridized carbons (Fsp3) is 0.633. The zero-order chi connectivity index (χ0) is 26.2. The summed E-state index contributed by atoms with van der Waals surface area (Å²) in [5, 5.41) is 20.2. The van der Waals surface area contributed by atoms with Crippen LogP contribution >= 0.6 is 0 Å². The van der Waals surface area contributed by atoms with Crippen LogP contribution in [0.15, 0.2) is 30.3 Å². The third-order valence-corrected chi connectivity index (χ3v) is 8.09. The molecule has 1 unspecified atom stereocenters. The SMILES string of the molecule is CC(C)CC(C#N)NC(=O)[C@@H]1CCCC[C@@H]1NC(=O)c1cc2ccccc2n1CCCC1CCNCC1.